The Balaban J connectivity index is 1.09. The lowest BCUT2D eigenvalue weighted by Crippen LogP contribution is -2.33. The molecule has 0 bridgehead atoms. The van der Waals surface area contributed by atoms with Gasteiger partial charge in [-0.25, -0.2) is 14.2 Å². The maximum absolute atomic E-state index is 14.1. The standard InChI is InChI=1S/C27H27ClFN5O4S/c28-18-5-4-17(21(29)12-18)15-38-24-3-1-2-22(30-24)16-6-9-33(10-7-16)14-23-20(13-19-8-11-37-19)26-34(31-23)32-25(39-26)27(35)36/h1-5,12,16,19H,6-11,13-15H2,(H,35,36). The van der Waals surface area contributed by atoms with E-state index in [4.69, 9.17) is 26.1 Å². The fraction of sp³-hybridized carbons (Fsp3) is 0.407. The summed E-state index contributed by atoms with van der Waals surface area (Å²) >= 11 is 7.00. The number of hydrogen-bond donors (Lipinski definition) is 1. The third-order valence-corrected chi connectivity index (χ3v) is 8.59. The summed E-state index contributed by atoms with van der Waals surface area (Å²) in [6.45, 7) is 3.28. The number of pyridine rings is 1. The van der Waals surface area contributed by atoms with Crippen LogP contribution in [-0.2, 0) is 24.3 Å². The van der Waals surface area contributed by atoms with E-state index >= 15 is 0 Å². The summed E-state index contributed by atoms with van der Waals surface area (Å²) in [7, 11) is 0. The number of piperidine rings is 1. The molecule has 39 heavy (non-hydrogen) atoms. The van der Waals surface area contributed by atoms with Gasteiger partial charge in [0.1, 0.15) is 17.3 Å². The van der Waals surface area contributed by atoms with E-state index in [0.29, 0.717) is 35.3 Å². The Kier molecular flexibility index (Phi) is 7.48. The zero-order valence-corrected chi connectivity index (χ0v) is 22.6. The van der Waals surface area contributed by atoms with Crippen molar-refractivity contribution in [2.75, 3.05) is 19.7 Å². The van der Waals surface area contributed by atoms with Crippen LogP contribution in [0.3, 0.4) is 0 Å². The van der Waals surface area contributed by atoms with E-state index in [1.54, 1.807) is 18.2 Å². The molecule has 204 valence electrons. The molecule has 12 heteroatoms. The molecule has 3 aromatic heterocycles. The van der Waals surface area contributed by atoms with Crippen LogP contribution >= 0.6 is 22.9 Å². The maximum Gasteiger partial charge on any atom is 0.367 e. The van der Waals surface area contributed by atoms with E-state index in [1.165, 1.54) is 10.7 Å². The van der Waals surface area contributed by atoms with Crippen LogP contribution in [0.5, 0.6) is 5.88 Å². The van der Waals surface area contributed by atoms with Gasteiger partial charge in [-0.15, -0.1) is 9.73 Å². The molecule has 1 aromatic carbocycles. The number of rotatable bonds is 9. The van der Waals surface area contributed by atoms with Crippen molar-refractivity contribution < 1.29 is 23.8 Å². The van der Waals surface area contributed by atoms with E-state index in [-0.39, 0.29) is 17.7 Å². The largest absolute Gasteiger partial charge is 0.476 e. The van der Waals surface area contributed by atoms with Crippen molar-refractivity contribution in [1.29, 1.82) is 0 Å². The monoisotopic (exact) mass is 571 g/mol. The second-order valence-corrected chi connectivity index (χ2v) is 11.3. The molecule has 2 aliphatic rings. The highest BCUT2D eigenvalue weighted by Crippen LogP contribution is 2.31. The third kappa shape index (κ3) is 5.76. The molecule has 6 rings (SSSR count). The number of benzene rings is 1. The first-order chi connectivity index (χ1) is 18.9. The molecule has 9 nitrogen and oxygen atoms in total. The van der Waals surface area contributed by atoms with Crippen LogP contribution in [0.1, 0.15) is 57.5 Å². The first-order valence-corrected chi connectivity index (χ1v) is 14.1. The maximum atomic E-state index is 14.1. The molecule has 2 aliphatic heterocycles. The minimum absolute atomic E-state index is 0.0395. The van der Waals surface area contributed by atoms with E-state index in [0.717, 1.165) is 72.1 Å². The highest BCUT2D eigenvalue weighted by Gasteiger charge is 2.28. The molecular formula is C27H27ClFN5O4S. The first kappa shape index (κ1) is 26.1. The summed E-state index contributed by atoms with van der Waals surface area (Å²) in [6.07, 6.45) is 3.74. The summed E-state index contributed by atoms with van der Waals surface area (Å²) in [5.74, 6) is -0.672. The van der Waals surface area contributed by atoms with Crippen LogP contribution in [0.25, 0.3) is 4.83 Å². The van der Waals surface area contributed by atoms with Crippen LogP contribution in [0.15, 0.2) is 36.4 Å². The Bertz CT molecular complexity index is 1500. The zero-order chi connectivity index (χ0) is 26.9. The number of likely N-dealkylation sites (tertiary alicyclic amines) is 1. The predicted molar refractivity (Wildman–Crippen MR) is 143 cm³/mol. The van der Waals surface area contributed by atoms with Gasteiger partial charge in [-0.1, -0.05) is 35.1 Å². The molecule has 4 aromatic rings. The average Bonchev–Trinajstić information content (AvgIpc) is 3.45. The summed E-state index contributed by atoms with van der Waals surface area (Å²) < 4.78 is 27.0. The molecule has 0 saturated carbocycles. The number of carboxylic acids is 1. The molecule has 0 radical (unpaired) electrons. The number of halogens is 2. The lowest BCUT2D eigenvalue weighted by atomic mass is 9.93. The van der Waals surface area contributed by atoms with Crippen molar-refractivity contribution in [3.8, 4) is 5.88 Å². The summed E-state index contributed by atoms with van der Waals surface area (Å²) in [6, 6.07) is 10.3. The van der Waals surface area contributed by atoms with Crippen molar-refractivity contribution in [1.82, 2.24) is 24.7 Å². The smallest absolute Gasteiger partial charge is 0.367 e. The van der Waals surface area contributed by atoms with Gasteiger partial charge in [0, 0.05) is 53.4 Å². The van der Waals surface area contributed by atoms with E-state index in [9.17, 15) is 14.3 Å². The lowest BCUT2D eigenvalue weighted by molar-refractivity contribution is -0.0491. The molecule has 2 saturated heterocycles. The predicted octanol–water partition coefficient (Wildman–Crippen LogP) is 4.97. The van der Waals surface area contributed by atoms with Gasteiger partial charge in [0.15, 0.2) is 0 Å². The topological polar surface area (TPSA) is 102 Å². The fourth-order valence-electron chi connectivity index (χ4n) is 5.05. The highest BCUT2D eigenvalue weighted by atomic mass is 35.5. The number of hydrogen-bond acceptors (Lipinski definition) is 8. The second kappa shape index (κ2) is 11.2. The Morgan fingerprint density at radius 3 is 2.74 bits per heavy atom. The minimum atomic E-state index is -1.04. The van der Waals surface area contributed by atoms with Gasteiger partial charge >= 0.3 is 5.97 Å². The van der Waals surface area contributed by atoms with Crippen molar-refractivity contribution in [2.45, 2.75) is 50.9 Å². The van der Waals surface area contributed by atoms with Gasteiger partial charge in [0.25, 0.3) is 0 Å². The zero-order valence-electron chi connectivity index (χ0n) is 21.1. The van der Waals surface area contributed by atoms with Gasteiger partial charge < -0.3 is 14.6 Å². The number of fused-ring (bicyclic) bond motifs is 1. The molecule has 0 spiro atoms. The SMILES string of the molecule is O=C(O)c1nn2nc(CN3CCC(c4cccc(OCc5ccc(Cl)cc5F)n4)CC3)c(CC3CCO3)c2s1. The molecule has 0 amide bonds. The van der Waals surface area contributed by atoms with Gasteiger partial charge in [-0.2, -0.15) is 5.10 Å². The van der Waals surface area contributed by atoms with Crippen LogP contribution < -0.4 is 4.74 Å². The molecule has 2 fully saturated rings. The van der Waals surface area contributed by atoms with Gasteiger partial charge in [0.05, 0.1) is 11.8 Å². The van der Waals surface area contributed by atoms with Gasteiger partial charge in [0.2, 0.25) is 10.9 Å². The van der Waals surface area contributed by atoms with Crippen molar-refractivity contribution in [3.05, 3.63) is 74.8 Å². The first-order valence-electron chi connectivity index (χ1n) is 12.9. The molecule has 1 atom stereocenters. The Labute approximate surface area is 233 Å². The quantitative estimate of drug-likeness (QED) is 0.300. The number of carbonyl (C=O) groups is 1. The summed E-state index contributed by atoms with van der Waals surface area (Å²) in [5, 5.41) is 18.6. The molecule has 5 heterocycles. The van der Waals surface area contributed by atoms with Crippen LogP contribution in [-0.4, -0.2) is 61.6 Å². The lowest BCUT2D eigenvalue weighted by Gasteiger charge is -2.32. The minimum Gasteiger partial charge on any atom is -0.476 e. The second-order valence-electron chi connectivity index (χ2n) is 9.89. The Morgan fingerprint density at radius 2 is 2.03 bits per heavy atom. The Hall–Kier alpha value is -3.12. The van der Waals surface area contributed by atoms with E-state index in [1.807, 2.05) is 12.1 Å². The van der Waals surface area contributed by atoms with Crippen LogP contribution in [0.4, 0.5) is 4.39 Å². The average molecular weight is 572 g/mol. The number of nitrogens with zero attached hydrogens (tertiary/aromatic N) is 5. The normalized spacial score (nSPS) is 18.4. The van der Waals surface area contributed by atoms with E-state index < -0.39 is 11.8 Å². The van der Waals surface area contributed by atoms with Crippen LogP contribution in [0, 0.1) is 5.82 Å². The summed E-state index contributed by atoms with van der Waals surface area (Å²) in [5.41, 5.74) is 3.37. The van der Waals surface area contributed by atoms with Gasteiger partial charge in [-0.3, -0.25) is 4.90 Å². The number of aromatic nitrogens is 4. The van der Waals surface area contributed by atoms with Crippen LogP contribution in [0.2, 0.25) is 5.02 Å². The summed E-state index contributed by atoms with van der Waals surface area (Å²) in [4.78, 5) is 19.3. The van der Waals surface area contributed by atoms with Crippen molar-refractivity contribution in [3.63, 3.8) is 0 Å². The van der Waals surface area contributed by atoms with Gasteiger partial charge in [-0.05, 0) is 50.6 Å². The van der Waals surface area contributed by atoms with Crippen molar-refractivity contribution in [2.24, 2.45) is 0 Å². The number of aromatic carboxylic acids is 1. The number of carboxylic acid groups (broad SMARTS) is 1. The molecule has 1 N–H and O–H groups in total. The fourth-order valence-corrected chi connectivity index (χ4v) is 6.09. The van der Waals surface area contributed by atoms with Crippen molar-refractivity contribution >= 4 is 33.7 Å². The molecular weight excluding hydrogens is 545 g/mol. The van der Waals surface area contributed by atoms with E-state index in [2.05, 4.69) is 15.1 Å². The number of ether oxygens (including phenoxy) is 2. The highest BCUT2D eigenvalue weighted by molar-refractivity contribution is 7.18. The third-order valence-electron chi connectivity index (χ3n) is 7.31. The Morgan fingerprint density at radius 1 is 1.21 bits per heavy atom. The molecule has 0 aliphatic carbocycles. The molecule has 1 unspecified atom stereocenters.